The van der Waals surface area contributed by atoms with Crippen molar-refractivity contribution in [3.8, 4) is 11.1 Å². The van der Waals surface area contributed by atoms with Crippen molar-refractivity contribution < 1.29 is 0 Å². The second kappa shape index (κ2) is 4.03. The average Bonchev–Trinajstić information content (AvgIpc) is 2.66. The molecule has 0 atom stereocenters. The molecule has 2 aromatic carbocycles. The maximum Gasteiger partial charge on any atom is 0.0745 e. The van der Waals surface area contributed by atoms with E-state index in [0.29, 0.717) is 0 Å². The molecule has 86 valence electrons. The highest BCUT2D eigenvalue weighted by Gasteiger charge is 2.34. The minimum absolute atomic E-state index is 0.939. The van der Waals surface area contributed by atoms with Crippen molar-refractivity contribution >= 4 is 27.8 Å². The summed E-state index contributed by atoms with van der Waals surface area (Å²) in [4.78, 5) is 0. The third kappa shape index (κ3) is 1.56. The first kappa shape index (κ1) is 12.1. The molecule has 1 aliphatic rings. The molecule has 4 radical (unpaired) electrons. The van der Waals surface area contributed by atoms with E-state index >= 15 is 0 Å². The van der Waals surface area contributed by atoms with Gasteiger partial charge in [0.15, 0.2) is 0 Å². The van der Waals surface area contributed by atoms with Gasteiger partial charge in [-0.3, -0.25) is 0 Å². The average molecular weight is 238 g/mol. The Labute approximate surface area is 116 Å². The first-order valence-electron chi connectivity index (χ1n) is 6.20. The first-order chi connectivity index (χ1) is 9.09. The van der Waals surface area contributed by atoms with E-state index in [1.165, 1.54) is 0 Å². The van der Waals surface area contributed by atoms with Gasteiger partial charge in [0.1, 0.15) is 0 Å². The van der Waals surface area contributed by atoms with Crippen LogP contribution < -0.4 is 0 Å². The van der Waals surface area contributed by atoms with Gasteiger partial charge in [-0.25, -0.2) is 0 Å². The van der Waals surface area contributed by atoms with E-state index in [2.05, 4.69) is 25.3 Å². The van der Waals surface area contributed by atoms with Gasteiger partial charge in [0.05, 0.1) is 15.7 Å². The molecular formula is C17H12B2. The predicted octanol–water partition coefficient (Wildman–Crippen LogP) is 3.49. The van der Waals surface area contributed by atoms with Crippen LogP contribution in [0.1, 0.15) is 22.3 Å². The number of benzene rings is 2. The van der Waals surface area contributed by atoms with Crippen molar-refractivity contribution in [1.82, 2.24) is 0 Å². The van der Waals surface area contributed by atoms with Gasteiger partial charge >= 0.3 is 0 Å². The summed E-state index contributed by atoms with van der Waals surface area (Å²) in [7, 11) is 12.7. The lowest BCUT2D eigenvalue weighted by atomic mass is 9.49. The van der Waals surface area contributed by atoms with E-state index < -0.39 is 5.21 Å². The molecule has 0 saturated heterocycles. The summed E-state index contributed by atoms with van der Waals surface area (Å²) >= 11 is 0. The Morgan fingerprint density at radius 1 is 0.842 bits per heavy atom. The Bertz CT molecular complexity index is 696. The summed E-state index contributed by atoms with van der Waals surface area (Å²) in [6.45, 7) is 7.68. The molecule has 0 heterocycles. The zero-order valence-electron chi connectivity index (χ0n) is 10.7. The second-order valence-electron chi connectivity index (χ2n) is 4.85. The normalized spacial score (nSPS) is 14.5. The Kier molecular flexibility index (Phi) is 2.56. The predicted molar refractivity (Wildman–Crippen MR) is 84.3 cm³/mol. The summed E-state index contributed by atoms with van der Waals surface area (Å²) in [5, 5.41) is -0.941. The molecule has 2 aromatic rings. The Morgan fingerprint density at radius 2 is 1.47 bits per heavy atom. The molecule has 0 saturated carbocycles. The molecule has 0 spiro atoms. The third-order valence-electron chi connectivity index (χ3n) is 3.77. The van der Waals surface area contributed by atoms with Crippen molar-refractivity contribution in [1.29, 1.82) is 0 Å². The highest BCUT2D eigenvalue weighted by molar-refractivity contribution is 6.44. The zero-order valence-corrected chi connectivity index (χ0v) is 10.7. The molecule has 2 heteroatoms. The molecule has 0 fully saturated rings. The van der Waals surface area contributed by atoms with Crippen molar-refractivity contribution in [3.05, 3.63) is 71.8 Å². The molecule has 3 rings (SSSR count). The first-order valence-corrected chi connectivity index (χ1v) is 6.20. The SMILES string of the molecule is [B]C1([B])c2ccccc2-c2cc(C=C)c(C=C)cc21. The number of rotatable bonds is 2. The fourth-order valence-corrected chi connectivity index (χ4v) is 2.78. The minimum atomic E-state index is -0.941. The molecule has 0 nitrogen and oxygen atoms in total. The molecule has 0 bridgehead atoms. The fraction of sp³-hybridized carbons (Fsp3) is 0.0588. The fourth-order valence-electron chi connectivity index (χ4n) is 2.78. The Morgan fingerprint density at radius 3 is 2.16 bits per heavy atom. The maximum atomic E-state index is 6.33. The topological polar surface area (TPSA) is 0 Å². The summed E-state index contributed by atoms with van der Waals surface area (Å²) < 4.78 is 0. The van der Waals surface area contributed by atoms with Crippen molar-refractivity contribution in [2.45, 2.75) is 5.21 Å². The largest absolute Gasteiger partial charge is 0.0984 e. The minimum Gasteiger partial charge on any atom is -0.0984 e. The molecular weight excluding hydrogens is 226 g/mol. The molecule has 0 amide bonds. The van der Waals surface area contributed by atoms with Crippen LogP contribution in [0.15, 0.2) is 49.6 Å². The van der Waals surface area contributed by atoms with Gasteiger partial charge in [-0.1, -0.05) is 60.9 Å². The van der Waals surface area contributed by atoms with Crippen LogP contribution in [-0.4, -0.2) is 15.7 Å². The van der Waals surface area contributed by atoms with E-state index in [4.69, 9.17) is 15.7 Å². The summed E-state index contributed by atoms with van der Waals surface area (Å²) in [6, 6.07) is 12.1. The highest BCUT2D eigenvalue weighted by Crippen LogP contribution is 2.46. The number of hydrogen-bond donors (Lipinski definition) is 0. The second-order valence-corrected chi connectivity index (χ2v) is 4.85. The van der Waals surface area contributed by atoms with Crippen LogP contribution in [0, 0.1) is 0 Å². The smallest absolute Gasteiger partial charge is 0.0745 e. The molecule has 1 aliphatic carbocycles. The zero-order chi connectivity index (χ0) is 13.6. The summed E-state index contributed by atoms with van der Waals surface area (Å²) in [5.74, 6) is 0. The lowest BCUT2D eigenvalue weighted by molar-refractivity contribution is 1.08. The Hall–Kier alpha value is -1.95. The molecule has 0 aromatic heterocycles. The van der Waals surface area contributed by atoms with Gasteiger partial charge < -0.3 is 0 Å². The molecule has 0 N–H and O–H groups in total. The van der Waals surface area contributed by atoms with Crippen molar-refractivity contribution in [2.24, 2.45) is 0 Å². The number of hydrogen-bond acceptors (Lipinski definition) is 0. The van der Waals surface area contributed by atoms with Crippen LogP contribution in [0.25, 0.3) is 23.3 Å². The number of fused-ring (bicyclic) bond motifs is 3. The Balaban J connectivity index is 2.39. The van der Waals surface area contributed by atoms with Crippen LogP contribution in [0.3, 0.4) is 0 Å². The summed E-state index contributed by atoms with van der Waals surface area (Å²) in [6.07, 6.45) is 3.63. The molecule has 19 heavy (non-hydrogen) atoms. The quantitative estimate of drug-likeness (QED) is 0.702. The van der Waals surface area contributed by atoms with Crippen LogP contribution in [0.4, 0.5) is 0 Å². The van der Waals surface area contributed by atoms with E-state index in [1.807, 2.05) is 30.3 Å². The summed E-state index contributed by atoms with van der Waals surface area (Å²) in [5.41, 5.74) is 6.13. The maximum absolute atomic E-state index is 6.33. The van der Waals surface area contributed by atoms with Crippen LogP contribution in [0.5, 0.6) is 0 Å². The van der Waals surface area contributed by atoms with Crippen LogP contribution in [-0.2, 0) is 5.21 Å². The van der Waals surface area contributed by atoms with Gasteiger partial charge in [0.25, 0.3) is 0 Å². The van der Waals surface area contributed by atoms with Gasteiger partial charge in [0.2, 0.25) is 0 Å². The van der Waals surface area contributed by atoms with Gasteiger partial charge in [-0.15, -0.1) is 0 Å². The van der Waals surface area contributed by atoms with E-state index in [9.17, 15) is 0 Å². The van der Waals surface area contributed by atoms with Gasteiger partial charge in [0, 0.05) is 0 Å². The van der Waals surface area contributed by atoms with Crippen LogP contribution >= 0.6 is 0 Å². The highest BCUT2D eigenvalue weighted by atomic mass is 14.3. The monoisotopic (exact) mass is 238 g/mol. The van der Waals surface area contributed by atoms with Crippen molar-refractivity contribution in [3.63, 3.8) is 0 Å². The van der Waals surface area contributed by atoms with Gasteiger partial charge in [-0.2, -0.15) is 0 Å². The van der Waals surface area contributed by atoms with E-state index in [1.54, 1.807) is 6.08 Å². The molecule has 0 unspecified atom stereocenters. The standard InChI is InChI=1S/C17H12B2/c1-3-11-9-14-13-7-5-6-8-15(13)17(18,19)16(14)10-12(11)4-2/h3-10H,1-2H2. The lowest BCUT2D eigenvalue weighted by Crippen LogP contribution is -2.25. The van der Waals surface area contributed by atoms with Crippen molar-refractivity contribution in [2.75, 3.05) is 0 Å². The van der Waals surface area contributed by atoms with E-state index in [-0.39, 0.29) is 0 Å². The molecule has 0 aliphatic heterocycles. The lowest BCUT2D eigenvalue weighted by Gasteiger charge is -2.23. The van der Waals surface area contributed by atoms with Crippen LogP contribution in [0.2, 0.25) is 0 Å². The van der Waals surface area contributed by atoms with Gasteiger partial charge in [-0.05, 0) is 39.4 Å². The van der Waals surface area contributed by atoms with E-state index in [0.717, 1.165) is 33.4 Å². The third-order valence-corrected chi connectivity index (χ3v) is 3.77.